The van der Waals surface area contributed by atoms with Gasteiger partial charge in [0.15, 0.2) is 0 Å². The summed E-state index contributed by atoms with van der Waals surface area (Å²) in [5.74, 6) is -0.658. The van der Waals surface area contributed by atoms with Crippen molar-refractivity contribution in [1.29, 1.82) is 0 Å². The van der Waals surface area contributed by atoms with E-state index in [1.807, 2.05) is 60.9 Å². The zero-order chi connectivity index (χ0) is 20.6. The molecule has 6 nitrogen and oxygen atoms in total. The number of ether oxygens (including phenoxy) is 1. The Hall–Kier alpha value is -2.45. The van der Waals surface area contributed by atoms with Gasteiger partial charge in [0.25, 0.3) is 0 Å². The Bertz CT molecular complexity index is 859. The molecule has 2 amide bonds. The number of esters is 1. The fourth-order valence-electron chi connectivity index (χ4n) is 2.84. The Labute approximate surface area is 178 Å². The van der Waals surface area contributed by atoms with E-state index in [-0.39, 0.29) is 36.9 Å². The van der Waals surface area contributed by atoms with E-state index in [1.54, 1.807) is 16.7 Å². The van der Waals surface area contributed by atoms with Crippen LogP contribution in [-0.4, -0.2) is 47.8 Å². The third kappa shape index (κ3) is 6.01. The smallest absolute Gasteiger partial charge is 0.325 e. The second-order valence-corrected chi connectivity index (χ2v) is 8.33. The average Bonchev–Trinajstić information content (AvgIpc) is 3.11. The minimum absolute atomic E-state index is 0.0873. The lowest BCUT2D eigenvalue weighted by molar-refractivity contribution is -0.145. The first kappa shape index (κ1) is 21.3. The molecule has 0 bridgehead atoms. The lowest BCUT2D eigenvalue weighted by Gasteiger charge is -2.23. The molecule has 3 rings (SSSR count). The summed E-state index contributed by atoms with van der Waals surface area (Å²) < 4.78 is 5.14. The summed E-state index contributed by atoms with van der Waals surface area (Å²) in [6.07, 6.45) is 2.00. The van der Waals surface area contributed by atoms with Crippen molar-refractivity contribution in [3.05, 3.63) is 65.7 Å². The number of thioether (sulfide) groups is 2. The standard InChI is InChI=1S/C21H22N2O4S2/c1-28-17-9-7-16(8-10-17)21-23(19(25)14-29-21)12-18(24)22-11-20(26)27-13-15-5-3-2-4-6-15/h2-10,21H,11-14H2,1H3,(H,22,24). The number of amides is 2. The van der Waals surface area contributed by atoms with Gasteiger partial charge < -0.3 is 15.0 Å². The fraction of sp³-hybridized carbons (Fsp3) is 0.286. The maximum Gasteiger partial charge on any atom is 0.325 e. The molecular weight excluding hydrogens is 408 g/mol. The number of hydrogen-bond donors (Lipinski definition) is 1. The van der Waals surface area contributed by atoms with Crippen molar-refractivity contribution in [1.82, 2.24) is 10.2 Å². The van der Waals surface area contributed by atoms with Gasteiger partial charge in [0.05, 0.1) is 5.75 Å². The van der Waals surface area contributed by atoms with E-state index in [0.717, 1.165) is 16.0 Å². The average molecular weight is 431 g/mol. The third-order valence-electron chi connectivity index (χ3n) is 4.36. The third-order valence-corrected chi connectivity index (χ3v) is 6.36. The molecule has 1 heterocycles. The molecule has 2 aromatic carbocycles. The molecule has 1 unspecified atom stereocenters. The number of benzene rings is 2. The van der Waals surface area contributed by atoms with Gasteiger partial charge in [0, 0.05) is 4.90 Å². The molecule has 1 saturated heterocycles. The first-order valence-electron chi connectivity index (χ1n) is 9.08. The van der Waals surface area contributed by atoms with Crippen molar-refractivity contribution in [2.45, 2.75) is 16.9 Å². The zero-order valence-electron chi connectivity index (χ0n) is 16.0. The van der Waals surface area contributed by atoms with Gasteiger partial charge >= 0.3 is 5.97 Å². The first-order valence-corrected chi connectivity index (χ1v) is 11.4. The maximum absolute atomic E-state index is 12.3. The van der Waals surface area contributed by atoms with Gasteiger partial charge in [-0.05, 0) is 29.5 Å². The number of hydrogen-bond acceptors (Lipinski definition) is 6. The Morgan fingerprint density at radius 3 is 2.59 bits per heavy atom. The summed E-state index contributed by atoms with van der Waals surface area (Å²) in [7, 11) is 0. The summed E-state index contributed by atoms with van der Waals surface area (Å²) >= 11 is 3.14. The van der Waals surface area contributed by atoms with Crippen LogP contribution in [0.4, 0.5) is 0 Å². The molecule has 2 aromatic rings. The highest BCUT2D eigenvalue weighted by atomic mass is 32.2. The van der Waals surface area contributed by atoms with Crippen molar-refractivity contribution in [3.8, 4) is 0 Å². The number of rotatable bonds is 8. The normalized spacial score (nSPS) is 16.0. The summed E-state index contributed by atoms with van der Waals surface area (Å²) in [6.45, 7) is -0.161. The van der Waals surface area contributed by atoms with Crippen LogP contribution in [0.25, 0.3) is 0 Å². The molecule has 1 atom stereocenters. The Balaban J connectivity index is 1.49. The maximum atomic E-state index is 12.3. The van der Waals surface area contributed by atoms with Crippen LogP contribution in [0.1, 0.15) is 16.5 Å². The molecule has 152 valence electrons. The lowest BCUT2D eigenvalue weighted by atomic mass is 10.2. The van der Waals surface area contributed by atoms with Crippen LogP contribution in [0, 0.1) is 0 Å². The van der Waals surface area contributed by atoms with E-state index in [0.29, 0.717) is 5.75 Å². The van der Waals surface area contributed by atoms with Crippen LogP contribution in [0.5, 0.6) is 0 Å². The molecule has 1 aliphatic rings. The predicted octanol–water partition coefficient (Wildman–Crippen LogP) is 2.84. The molecule has 0 aliphatic carbocycles. The molecule has 1 fully saturated rings. The monoisotopic (exact) mass is 430 g/mol. The van der Waals surface area contributed by atoms with Crippen LogP contribution in [-0.2, 0) is 25.7 Å². The largest absolute Gasteiger partial charge is 0.460 e. The molecule has 0 aromatic heterocycles. The minimum Gasteiger partial charge on any atom is -0.460 e. The minimum atomic E-state index is -0.520. The van der Waals surface area contributed by atoms with Gasteiger partial charge in [-0.25, -0.2) is 0 Å². The van der Waals surface area contributed by atoms with Crippen LogP contribution in [0.3, 0.4) is 0 Å². The molecule has 1 N–H and O–H groups in total. The van der Waals surface area contributed by atoms with Gasteiger partial charge in [-0.15, -0.1) is 23.5 Å². The summed E-state index contributed by atoms with van der Waals surface area (Å²) in [5.41, 5.74) is 1.86. The van der Waals surface area contributed by atoms with Gasteiger partial charge in [0.1, 0.15) is 25.1 Å². The van der Waals surface area contributed by atoms with E-state index in [9.17, 15) is 14.4 Å². The predicted molar refractivity (Wildman–Crippen MR) is 114 cm³/mol. The van der Waals surface area contributed by atoms with Crippen LogP contribution in [0.15, 0.2) is 59.5 Å². The van der Waals surface area contributed by atoms with Crippen LogP contribution >= 0.6 is 23.5 Å². The summed E-state index contributed by atoms with van der Waals surface area (Å²) in [6, 6.07) is 17.3. The second kappa shape index (κ2) is 10.4. The van der Waals surface area contributed by atoms with E-state index >= 15 is 0 Å². The molecular formula is C21H22N2O4S2. The quantitative estimate of drug-likeness (QED) is 0.513. The Morgan fingerprint density at radius 2 is 1.90 bits per heavy atom. The van der Waals surface area contributed by atoms with E-state index < -0.39 is 5.97 Å². The SMILES string of the molecule is CSc1ccc(C2SCC(=O)N2CC(=O)NCC(=O)OCc2ccccc2)cc1. The van der Waals surface area contributed by atoms with Gasteiger partial charge in [-0.2, -0.15) is 0 Å². The highest BCUT2D eigenvalue weighted by molar-refractivity contribution is 8.00. The van der Waals surface area contributed by atoms with Gasteiger partial charge in [-0.1, -0.05) is 42.5 Å². The number of carbonyl (C=O) groups excluding carboxylic acids is 3. The highest BCUT2D eigenvalue weighted by Gasteiger charge is 2.34. The molecule has 0 saturated carbocycles. The van der Waals surface area contributed by atoms with E-state index in [2.05, 4.69) is 5.32 Å². The topological polar surface area (TPSA) is 75.7 Å². The van der Waals surface area contributed by atoms with E-state index in [4.69, 9.17) is 4.74 Å². The first-order chi connectivity index (χ1) is 14.1. The van der Waals surface area contributed by atoms with Crippen LogP contribution in [0.2, 0.25) is 0 Å². The van der Waals surface area contributed by atoms with E-state index in [1.165, 1.54) is 11.8 Å². The lowest BCUT2D eigenvalue weighted by Crippen LogP contribution is -2.41. The summed E-state index contributed by atoms with van der Waals surface area (Å²) in [4.78, 5) is 39.0. The van der Waals surface area contributed by atoms with Crippen molar-refractivity contribution >= 4 is 41.3 Å². The number of carbonyl (C=O) groups is 3. The highest BCUT2D eigenvalue weighted by Crippen LogP contribution is 2.38. The molecule has 1 aliphatic heterocycles. The number of nitrogens with zero attached hydrogens (tertiary/aromatic N) is 1. The van der Waals surface area contributed by atoms with Crippen molar-refractivity contribution in [2.75, 3.05) is 25.1 Å². The summed E-state index contributed by atoms with van der Waals surface area (Å²) in [5, 5.41) is 2.34. The Kier molecular flexibility index (Phi) is 7.60. The molecule has 0 spiro atoms. The van der Waals surface area contributed by atoms with Crippen LogP contribution < -0.4 is 5.32 Å². The zero-order valence-corrected chi connectivity index (χ0v) is 17.6. The molecule has 29 heavy (non-hydrogen) atoms. The van der Waals surface area contributed by atoms with Gasteiger partial charge in [0.2, 0.25) is 11.8 Å². The Morgan fingerprint density at radius 1 is 1.17 bits per heavy atom. The van der Waals surface area contributed by atoms with Crippen molar-refractivity contribution in [3.63, 3.8) is 0 Å². The fourth-order valence-corrected chi connectivity index (χ4v) is 4.44. The molecule has 0 radical (unpaired) electrons. The number of nitrogens with one attached hydrogen (secondary N) is 1. The van der Waals surface area contributed by atoms with Crippen molar-refractivity contribution in [2.24, 2.45) is 0 Å². The van der Waals surface area contributed by atoms with Crippen molar-refractivity contribution < 1.29 is 19.1 Å². The second-order valence-electron chi connectivity index (χ2n) is 6.38. The molecule has 8 heteroatoms. The van der Waals surface area contributed by atoms with Gasteiger partial charge in [-0.3, -0.25) is 14.4 Å².